The van der Waals surface area contributed by atoms with Crippen molar-refractivity contribution < 1.29 is 0 Å². The van der Waals surface area contributed by atoms with E-state index in [9.17, 15) is 0 Å². The Labute approximate surface area is 133 Å². The summed E-state index contributed by atoms with van der Waals surface area (Å²) in [6.07, 6.45) is 14.5. The minimum atomic E-state index is 0.625. The molecule has 1 fully saturated rings. The number of anilines is 1. The summed E-state index contributed by atoms with van der Waals surface area (Å²) in [7, 11) is 0. The fourth-order valence-corrected chi connectivity index (χ4v) is 4.06. The van der Waals surface area contributed by atoms with E-state index in [-0.39, 0.29) is 0 Å². The average molecular weight is 308 g/mol. The van der Waals surface area contributed by atoms with E-state index < -0.39 is 0 Å². The molecule has 0 atom stereocenters. The summed E-state index contributed by atoms with van der Waals surface area (Å²) in [5.41, 5.74) is 2.69. The van der Waals surface area contributed by atoms with E-state index >= 15 is 0 Å². The van der Waals surface area contributed by atoms with E-state index in [4.69, 9.17) is 11.6 Å². The standard InChI is InChI=1S/C17H26ClN3/c18-11-12-21(14-7-3-1-4-8-14)17-15-9-5-2-6-10-16(15)19-13-20-17/h13-14H,1-12H2. The predicted octanol–water partition coefficient (Wildman–Crippen LogP) is 4.12. The van der Waals surface area contributed by atoms with Crippen LogP contribution in [0.15, 0.2) is 6.33 Å². The Kier molecular flexibility index (Phi) is 5.34. The third-order valence-electron chi connectivity index (χ3n) is 4.97. The third-order valence-corrected chi connectivity index (χ3v) is 5.13. The fourth-order valence-electron chi connectivity index (χ4n) is 3.87. The molecule has 1 heterocycles. The van der Waals surface area contributed by atoms with Gasteiger partial charge in [-0.3, -0.25) is 0 Å². The van der Waals surface area contributed by atoms with Crippen LogP contribution in [-0.2, 0) is 12.8 Å². The van der Waals surface area contributed by atoms with Crippen LogP contribution in [0.4, 0.5) is 5.82 Å². The normalized spacial score (nSPS) is 19.9. The van der Waals surface area contributed by atoms with Gasteiger partial charge in [0.15, 0.2) is 0 Å². The van der Waals surface area contributed by atoms with Gasteiger partial charge in [-0.15, -0.1) is 11.6 Å². The Morgan fingerprint density at radius 3 is 2.57 bits per heavy atom. The highest BCUT2D eigenvalue weighted by Gasteiger charge is 2.25. The van der Waals surface area contributed by atoms with Crippen molar-refractivity contribution in [1.82, 2.24) is 9.97 Å². The molecule has 0 unspecified atom stereocenters. The zero-order chi connectivity index (χ0) is 14.5. The number of nitrogens with zero attached hydrogens (tertiary/aromatic N) is 3. The SMILES string of the molecule is ClCCN(c1ncnc2c1CCCCC2)C1CCCCC1. The molecule has 4 heteroatoms. The molecule has 0 bridgehead atoms. The van der Waals surface area contributed by atoms with Gasteiger partial charge in [0.25, 0.3) is 0 Å². The lowest BCUT2D eigenvalue weighted by atomic mass is 9.93. The van der Waals surface area contributed by atoms with Gasteiger partial charge in [0.2, 0.25) is 0 Å². The Morgan fingerprint density at radius 1 is 1.00 bits per heavy atom. The Bertz CT molecular complexity index is 457. The first-order chi connectivity index (χ1) is 10.4. The Hall–Kier alpha value is -0.830. The second-order valence-electron chi connectivity index (χ2n) is 6.36. The largest absolute Gasteiger partial charge is 0.352 e. The van der Waals surface area contributed by atoms with Crippen molar-refractivity contribution in [2.24, 2.45) is 0 Å². The quantitative estimate of drug-likeness (QED) is 0.619. The van der Waals surface area contributed by atoms with Crippen molar-refractivity contribution in [3.63, 3.8) is 0 Å². The van der Waals surface area contributed by atoms with Crippen LogP contribution in [0, 0.1) is 0 Å². The van der Waals surface area contributed by atoms with Crippen LogP contribution in [0.1, 0.15) is 62.6 Å². The molecule has 1 aromatic heterocycles. The summed E-state index contributed by atoms with van der Waals surface area (Å²) in [4.78, 5) is 11.7. The summed E-state index contributed by atoms with van der Waals surface area (Å²) in [6.45, 7) is 0.912. The van der Waals surface area contributed by atoms with Gasteiger partial charge in [-0.2, -0.15) is 0 Å². The first-order valence-corrected chi connectivity index (χ1v) is 9.09. The molecule has 1 saturated carbocycles. The van der Waals surface area contributed by atoms with Crippen LogP contribution >= 0.6 is 11.6 Å². The van der Waals surface area contributed by atoms with Crippen LogP contribution in [-0.4, -0.2) is 28.4 Å². The van der Waals surface area contributed by atoms with Gasteiger partial charge in [-0.05, 0) is 38.5 Å². The topological polar surface area (TPSA) is 29.0 Å². The number of fused-ring (bicyclic) bond motifs is 1. The summed E-state index contributed by atoms with van der Waals surface area (Å²) in [5, 5.41) is 0. The number of alkyl halides is 1. The molecule has 0 radical (unpaired) electrons. The predicted molar refractivity (Wildman–Crippen MR) is 88.2 cm³/mol. The minimum absolute atomic E-state index is 0.625. The number of hydrogen-bond acceptors (Lipinski definition) is 3. The van der Waals surface area contributed by atoms with Crippen molar-refractivity contribution in [1.29, 1.82) is 0 Å². The highest BCUT2D eigenvalue weighted by atomic mass is 35.5. The maximum Gasteiger partial charge on any atom is 0.135 e. The van der Waals surface area contributed by atoms with Gasteiger partial charge >= 0.3 is 0 Å². The van der Waals surface area contributed by atoms with Crippen LogP contribution < -0.4 is 4.90 Å². The molecule has 0 aliphatic heterocycles. The number of hydrogen-bond donors (Lipinski definition) is 0. The number of halogens is 1. The molecule has 1 aromatic rings. The van der Waals surface area contributed by atoms with Gasteiger partial charge in [0, 0.05) is 29.7 Å². The Balaban J connectivity index is 1.91. The maximum absolute atomic E-state index is 6.10. The maximum atomic E-state index is 6.10. The second kappa shape index (κ2) is 7.44. The molecule has 0 N–H and O–H groups in total. The number of aromatic nitrogens is 2. The molecule has 3 nitrogen and oxygen atoms in total. The highest BCUT2D eigenvalue weighted by Crippen LogP contribution is 2.31. The molecule has 2 aliphatic carbocycles. The number of rotatable bonds is 4. The van der Waals surface area contributed by atoms with Crippen LogP contribution in [0.2, 0.25) is 0 Å². The van der Waals surface area contributed by atoms with E-state index in [0.717, 1.165) is 19.4 Å². The fraction of sp³-hybridized carbons (Fsp3) is 0.765. The van der Waals surface area contributed by atoms with E-state index in [1.54, 1.807) is 6.33 Å². The lowest BCUT2D eigenvalue weighted by molar-refractivity contribution is 0.416. The molecular weight excluding hydrogens is 282 g/mol. The summed E-state index contributed by atoms with van der Waals surface area (Å²) < 4.78 is 0. The van der Waals surface area contributed by atoms with Crippen molar-refractivity contribution in [2.45, 2.75) is 70.3 Å². The van der Waals surface area contributed by atoms with Crippen molar-refractivity contribution >= 4 is 17.4 Å². The first kappa shape index (κ1) is 15.1. The van der Waals surface area contributed by atoms with Crippen molar-refractivity contribution in [3.8, 4) is 0 Å². The van der Waals surface area contributed by atoms with Gasteiger partial charge in [0.05, 0.1) is 0 Å². The highest BCUT2D eigenvalue weighted by molar-refractivity contribution is 6.18. The van der Waals surface area contributed by atoms with Gasteiger partial charge in [-0.1, -0.05) is 25.7 Å². The molecule has 2 aliphatic rings. The van der Waals surface area contributed by atoms with Crippen molar-refractivity contribution in [2.75, 3.05) is 17.3 Å². The van der Waals surface area contributed by atoms with Crippen LogP contribution in [0.3, 0.4) is 0 Å². The lowest BCUT2D eigenvalue weighted by Crippen LogP contribution is -2.39. The van der Waals surface area contributed by atoms with E-state index in [1.165, 1.54) is 68.4 Å². The molecule has 0 aromatic carbocycles. The van der Waals surface area contributed by atoms with Gasteiger partial charge in [0.1, 0.15) is 12.1 Å². The Morgan fingerprint density at radius 2 is 1.76 bits per heavy atom. The smallest absolute Gasteiger partial charge is 0.135 e. The summed E-state index contributed by atoms with van der Waals surface area (Å²) in [5.74, 6) is 1.87. The molecule has 0 saturated heterocycles. The average Bonchev–Trinajstić information content (AvgIpc) is 2.79. The van der Waals surface area contributed by atoms with Gasteiger partial charge < -0.3 is 4.90 Å². The zero-order valence-electron chi connectivity index (χ0n) is 12.9. The monoisotopic (exact) mass is 307 g/mol. The van der Waals surface area contributed by atoms with Crippen LogP contribution in [0.25, 0.3) is 0 Å². The zero-order valence-corrected chi connectivity index (χ0v) is 13.6. The molecule has 3 rings (SSSR count). The summed E-state index contributed by atoms with van der Waals surface area (Å²) in [6, 6.07) is 0.625. The third kappa shape index (κ3) is 3.50. The molecular formula is C17H26ClN3. The van der Waals surface area contributed by atoms with Crippen molar-refractivity contribution in [3.05, 3.63) is 17.6 Å². The number of aryl methyl sites for hydroxylation is 1. The molecule has 116 valence electrons. The molecule has 0 spiro atoms. The van der Waals surface area contributed by atoms with E-state index in [1.807, 2.05) is 0 Å². The molecule has 0 amide bonds. The van der Waals surface area contributed by atoms with E-state index in [0.29, 0.717) is 11.9 Å². The molecule has 21 heavy (non-hydrogen) atoms. The van der Waals surface area contributed by atoms with Gasteiger partial charge in [-0.25, -0.2) is 9.97 Å². The first-order valence-electron chi connectivity index (χ1n) is 8.55. The van der Waals surface area contributed by atoms with E-state index in [2.05, 4.69) is 14.9 Å². The summed E-state index contributed by atoms with van der Waals surface area (Å²) >= 11 is 6.10. The lowest BCUT2D eigenvalue weighted by Gasteiger charge is -2.36. The minimum Gasteiger partial charge on any atom is -0.352 e. The van der Waals surface area contributed by atoms with Crippen LogP contribution in [0.5, 0.6) is 0 Å². The second-order valence-corrected chi connectivity index (χ2v) is 6.74.